The van der Waals surface area contributed by atoms with Crippen molar-refractivity contribution in [2.45, 2.75) is 105 Å². The van der Waals surface area contributed by atoms with E-state index < -0.39 is 58.6 Å². The van der Waals surface area contributed by atoms with Crippen molar-refractivity contribution in [3.8, 4) is 0 Å². The van der Waals surface area contributed by atoms with Crippen molar-refractivity contribution >= 4 is 35.8 Å². The fourth-order valence-corrected chi connectivity index (χ4v) is 5.67. The number of benzene rings is 1. The summed E-state index contributed by atoms with van der Waals surface area (Å²) in [5, 5.41) is 12.0. The third kappa shape index (κ3) is 22.4. The van der Waals surface area contributed by atoms with Gasteiger partial charge in [0, 0.05) is 58.8 Å². The minimum absolute atomic E-state index is 0.000942. The van der Waals surface area contributed by atoms with Gasteiger partial charge in [-0.1, -0.05) is 30.3 Å². The number of ether oxygens (including phenoxy) is 4. The molecule has 1 aromatic rings. The van der Waals surface area contributed by atoms with E-state index in [1.54, 1.807) is 86.6 Å². The Morgan fingerprint density at radius 2 is 0.964 bits per heavy atom. The Morgan fingerprint density at radius 3 is 1.30 bits per heavy atom. The smallest absolute Gasteiger partial charge is 0.328 e. The first kappa shape index (κ1) is 48.0. The van der Waals surface area contributed by atoms with Crippen molar-refractivity contribution < 1.29 is 52.8 Å². The van der Waals surface area contributed by atoms with Gasteiger partial charge < -0.3 is 29.4 Å². The molecule has 16 heteroatoms. The van der Waals surface area contributed by atoms with E-state index in [9.17, 15) is 33.9 Å². The molecule has 1 fully saturated rings. The number of nitrogens with one attached hydrogen (secondary N) is 1. The number of aliphatic carboxylic acids is 1. The highest BCUT2D eigenvalue weighted by Gasteiger charge is 2.28. The Hall–Kier alpha value is -4.12. The maximum absolute atomic E-state index is 13.6. The molecule has 0 aliphatic carbocycles. The number of esters is 4. The van der Waals surface area contributed by atoms with Crippen LogP contribution < -0.4 is 5.32 Å². The Labute approximate surface area is 332 Å². The van der Waals surface area contributed by atoms with Gasteiger partial charge in [0.05, 0.1) is 26.2 Å². The number of amides is 1. The van der Waals surface area contributed by atoms with Gasteiger partial charge in [-0.3, -0.25) is 43.6 Å². The highest BCUT2D eigenvalue weighted by molar-refractivity contribution is 5.86. The summed E-state index contributed by atoms with van der Waals surface area (Å²) in [7, 11) is 0. The molecule has 0 saturated carbocycles. The molecule has 1 aliphatic rings. The number of carboxylic acids is 1. The number of hydrogen-bond donors (Lipinski definition) is 2. The molecular weight excluding hydrogens is 726 g/mol. The van der Waals surface area contributed by atoms with E-state index in [0.29, 0.717) is 52.4 Å². The maximum Gasteiger partial charge on any atom is 0.328 e. The Morgan fingerprint density at radius 1 is 0.607 bits per heavy atom. The highest BCUT2D eigenvalue weighted by Crippen LogP contribution is 2.12. The zero-order valence-corrected chi connectivity index (χ0v) is 34.9. The van der Waals surface area contributed by atoms with Crippen LogP contribution in [0, 0.1) is 0 Å². The molecule has 56 heavy (non-hydrogen) atoms. The van der Waals surface area contributed by atoms with Gasteiger partial charge in [0.25, 0.3) is 0 Å². The molecule has 16 nitrogen and oxygen atoms in total. The second-order valence-corrected chi connectivity index (χ2v) is 17.0. The standard InChI is InChI=1S/C40H65N5O11/c1-38(2,3)54-34(49)26-43-19-17-42(25-32(46)41-31(15-16-33(47)48)37(52)53-29-30-13-11-10-12-14-30)18-20-44(27-35(50)55-39(4,5)6)22-24-45(23-21-43)28-36(51)56-40(7,8)9/h10-14,31H,15-29H2,1-9H3,(H,41,46)(H,47,48)/t31-/m0/s1. The number of carbonyl (C=O) groups is 6. The monoisotopic (exact) mass is 791 g/mol. The van der Waals surface area contributed by atoms with Gasteiger partial charge in [-0.2, -0.15) is 0 Å². The number of hydrogen-bond acceptors (Lipinski definition) is 14. The average Bonchev–Trinajstić information content (AvgIpc) is 3.04. The molecular formula is C40H65N5O11. The summed E-state index contributed by atoms with van der Waals surface area (Å²) in [5.41, 5.74) is -1.34. The normalized spacial score (nSPS) is 16.7. The van der Waals surface area contributed by atoms with E-state index >= 15 is 0 Å². The fraction of sp³-hybridized carbons (Fsp3) is 0.700. The van der Waals surface area contributed by atoms with Crippen LogP contribution in [-0.2, 0) is 54.3 Å². The first-order valence-electron chi connectivity index (χ1n) is 19.2. The fourth-order valence-electron chi connectivity index (χ4n) is 5.67. The largest absolute Gasteiger partial charge is 0.481 e. The molecule has 1 heterocycles. The van der Waals surface area contributed by atoms with E-state index in [0.717, 1.165) is 5.56 Å². The van der Waals surface area contributed by atoms with E-state index in [-0.39, 0.29) is 45.6 Å². The van der Waals surface area contributed by atoms with Gasteiger partial charge in [0.1, 0.15) is 29.5 Å². The van der Waals surface area contributed by atoms with Gasteiger partial charge >= 0.3 is 29.8 Å². The van der Waals surface area contributed by atoms with Crippen LogP contribution in [0.4, 0.5) is 0 Å². The van der Waals surface area contributed by atoms with Crippen molar-refractivity contribution in [3.05, 3.63) is 35.9 Å². The molecule has 0 aromatic heterocycles. The van der Waals surface area contributed by atoms with Crippen LogP contribution >= 0.6 is 0 Å². The molecule has 1 amide bonds. The predicted octanol–water partition coefficient (Wildman–Crippen LogP) is 2.33. The van der Waals surface area contributed by atoms with Crippen LogP contribution in [0.5, 0.6) is 0 Å². The van der Waals surface area contributed by atoms with Crippen molar-refractivity contribution in [3.63, 3.8) is 0 Å². The molecule has 2 rings (SSSR count). The van der Waals surface area contributed by atoms with E-state index in [1.807, 2.05) is 25.7 Å². The van der Waals surface area contributed by atoms with E-state index in [4.69, 9.17) is 18.9 Å². The minimum Gasteiger partial charge on any atom is -0.481 e. The van der Waals surface area contributed by atoms with Gasteiger partial charge in [0.2, 0.25) is 5.91 Å². The second kappa shape index (κ2) is 22.6. The summed E-state index contributed by atoms with van der Waals surface area (Å²) < 4.78 is 22.3. The maximum atomic E-state index is 13.6. The molecule has 0 radical (unpaired) electrons. The number of carboxylic acid groups (broad SMARTS) is 1. The minimum atomic E-state index is -1.20. The molecule has 2 N–H and O–H groups in total. The molecule has 0 bridgehead atoms. The first-order chi connectivity index (χ1) is 26.0. The molecule has 0 unspecified atom stereocenters. The summed E-state index contributed by atoms with van der Waals surface area (Å²) in [6.07, 6.45) is -0.527. The van der Waals surface area contributed by atoms with Crippen LogP contribution in [0.15, 0.2) is 30.3 Å². The van der Waals surface area contributed by atoms with Gasteiger partial charge in [-0.05, 0) is 74.3 Å². The van der Waals surface area contributed by atoms with Crippen molar-refractivity contribution in [2.24, 2.45) is 0 Å². The molecule has 1 saturated heterocycles. The van der Waals surface area contributed by atoms with Gasteiger partial charge in [-0.25, -0.2) is 4.79 Å². The van der Waals surface area contributed by atoms with Crippen LogP contribution in [0.25, 0.3) is 0 Å². The first-order valence-corrected chi connectivity index (χ1v) is 19.2. The lowest BCUT2D eigenvalue weighted by atomic mass is 10.1. The molecule has 316 valence electrons. The topological polar surface area (TPSA) is 185 Å². The Kier molecular flexibility index (Phi) is 19.4. The van der Waals surface area contributed by atoms with Crippen LogP contribution in [-0.4, -0.2) is 162 Å². The van der Waals surface area contributed by atoms with Crippen LogP contribution in [0.2, 0.25) is 0 Å². The lowest BCUT2D eigenvalue weighted by molar-refractivity contribution is -0.158. The predicted molar refractivity (Wildman–Crippen MR) is 208 cm³/mol. The summed E-state index contributed by atoms with van der Waals surface area (Å²) in [6.45, 7) is 18.6. The van der Waals surface area contributed by atoms with Crippen molar-refractivity contribution in [1.29, 1.82) is 0 Å². The average molecular weight is 792 g/mol. The Bertz CT molecular complexity index is 1390. The third-order valence-electron chi connectivity index (χ3n) is 8.11. The lowest BCUT2D eigenvalue weighted by Crippen LogP contribution is -2.51. The summed E-state index contributed by atoms with van der Waals surface area (Å²) in [5.74, 6) is -3.64. The van der Waals surface area contributed by atoms with E-state index in [2.05, 4.69) is 5.32 Å². The number of rotatable bonds is 15. The van der Waals surface area contributed by atoms with E-state index in [1.165, 1.54) is 0 Å². The van der Waals surface area contributed by atoms with Crippen LogP contribution in [0.3, 0.4) is 0 Å². The number of carbonyl (C=O) groups excluding carboxylic acids is 5. The highest BCUT2D eigenvalue weighted by atomic mass is 16.6. The molecule has 0 spiro atoms. The second-order valence-electron chi connectivity index (χ2n) is 17.0. The quantitative estimate of drug-likeness (QED) is 0.195. The summed E-state index contributed by atoms with van der Waals surface area (Å²) in [6, 6.07) is 7.80. The number of nitrogens with zero attached hydrogens (tertiary/aromatic N) is 4. The van der Waals surface area contributed by atoms with Crippen molar-refractivity contribution in [2.75, 3.05) is 78.5 Å². The Balaban J connectivity index is 2.32. The lowest BCUT2D eigenvalue weighted by Gasteiger charge is -2.34. The zero-order chi connectivity index (χ0) is 42.1. The van der Waals surface area contributed by atoms with Crippen molar-refractivity contribution in [1.82, 2.24) is 24.9 Å². The van der Waals surface area contributed by atoms with Crippen LogP contribution in [0.1, 0.15) is 80.7 Å². The molecule has 1 atom stereocenters. The van der Waals surface area contributed by atoms with Gasteiger partial charge in [-0.15, -0.1) is 0 Å². The van der Waals surface area contributed by atoms with Gasteiger partial charge in [0.15, 0.2) is 0 Å². The molecule has 1 aliphatic heterocycles. The zero-order valence-electron chi connectivity index (χ0n) is 34.9. The SMILES string of the molecule is CC(C)(C)OC(=O)CN1CCN(CC(=O)N[C@@H](CCC(=O)O)C(=O)OCc2ccccc2)CCN(CC(=O)OC(C)(C)C)CCN(CC(=O)OC(C)(C)C)CC1. The molecule has 1 aromatic carbocycles. The third-order valence-corrected chi connectivity index (χ3v) is 8.11. The summed E-state index contributed by atoms with van der Waals surface area (Å²) >= 11 is 0. The summed E-state index contributed by atoms with van der Waals surface area (Å²) in [4.78, 5) is 84.6.